The molecule has 0 saturated carbocycles. The minimum atomic E-state index is -0.250. The molecule has 0 aliphatic heterocycles. The molecule has 0 amide bonds. The Morgan fingerprint density at radius 2 is 0.683 bits per heavy atom. The predicted molar refractivity (Wildman–Crippen MR) is 150 cm³/mol. The highest BCUT2D eigenvalue weighted by Gasteiger charge is 2.01. The zero-order valence-electron chi connectivity index (χ0n) is 25.1. The van der Waals surface area contributed by atoms with E-state index in [9.17, 15) is 4.79 Å². The Morgan fingerprint density at radius 3 is 0.927 bits per heavy atom. The van der Waals surface area contributed by atoms with E-state index in [2.05, 4.69) is 6.58 Å². The van der Waals surface area contributed by atoms with E-state index in [1.165, 1.54) is 0 Å². The van der Waals surface area contributed by atoms with E-state index in [0.717, 1.165) is 0 Å². The first kappa shape index (κ1) is 39.8. The van der Waals surface area contributed by atoms with Crippen LogP contribution in [0.4, 0.5) is 0 Å². The first-order chi connectivity index (χ1) is 20.3. The molecule has 0 N–H and O–H groups in total. The lowest BCUT2D eigenvalue weighted by molar-refractivity contribution is -0.144. The van der Waals surface area contributed by atoms with Gasteiger partial charge in [0, 0.05) is 0 Å². The normalized spacial score (nSPS) is 11.2. The van der Waals surface area contributed by atoms with Crippen molar-refractivity contribution in [1.29, 1.82) is 0 Å². The van der Waals surface area contributed by atoms with Gasteiger partial charge in [-0.05, 0) is 6.92 Å². The summed E-state index contributed by atoms with van der Waals surface area (Å²) in [5.74, 6) is -0.250. The molecule has 0 spiro atoms. The van der Waals surface area contributed by atoms with E-state index in [-0.39, 0.29) is 12.4 Å². The molecule has 0 bridgehead atoms. The number of hydrogen-bond acceptors (Lipinski definition) is 13. The third kappa shape index (κ3) is 36.7. The third-order valence-electron chi connectivity index (χ3n) is 4.71. The Labute approximate surface area is 245 Å². The Balaban J connectivity index is 3.05. The van der Waals surface area contributed by atoms with Crippen molar-refractivity contribution in [3.8, 4) is 0 Å². The summed E-state index contributed by atoms with van der Waals surface area (Å²) in [6.45, 7) is 16.7. The fourth-order valence-corrected chi connectivity index (χ4v) is 2.75. The van der Waals surface area contributed by atoms with Gasteiger partial charge < -0.3 is 56.8 Å². The number of ether oxygens (including phenoxy) is 12. The molecule has 0 aromatic carbocycles. The van der Waals surface area contributed by atoms with Gasteiger partial charge >= 0.3 is 5.97 Å². The molecular formula is C28H54O13. The van der Waals surface area contributed by atoms with Gasteiger partial charge in [0.25, 0.3) is 0 Å². The molecule has 0 aliphatic carbocycles. The lowest BCUT2D eigenvalue weighted by Gasteiger charge is -2.09. The van der Waals surface area contributed by atoms with Crippen LogP contribution in [-0.2, 0) is 61.6 Å². The van der Waals surface area contributed by atoms with Crippen LogP contribution in [0, 0.1) is 0 Å². The zero-order chi connectivity index (χ0) is 29.7. The summed E-state index contributed by atoms with van der Waals surface area (Å²) in [5.41, 5.74) is 0. The smallest absolute Gasteiger partial charge is 0.308 e. The van der Waals surface area contributed by atoms with Crippen molar-refractivity contribution in [1.82, 2.24) is 0 Å². The van der Waals surface area contributed by atoms with E-state index in [4.69, 9.17) is 56.8 Å². The van der Waals surface area contributed by atoms with Crippen molar-refractivity contribution in [3.63, 3.8) is 0 Å². The summed E-state index contributed by atoms with van der Waals surface area (Å²) in [6.07, 6.45) is 1.97. The van der Waals surface area contributed by atoms with Crippen LogP contribution in [0.1, 0.15) is 13.3 Å². The van der Waals surface area contributed by atoms with Crippen molar-refractivity contribution < 1.29 is 61.6 Å². The highest BCUT2D eigenvalue weighted by molar-refractivity contribution is 5.69. The summed E-state index contributed by atoms with van der Waals surface area (Å²) in [7, 11) is 0. The summed E-state index contributed by atoms with van der Waals surface area (Å²) >= 11 is 0. The quantitative estimate of drug-likeness (QED) is 0.0585. The van der Waals surface area contributed by atoms with Gasteiger partial charge in [-0.15, -0.1) is 6.58 Å². The molecule has 0 aromatic rings. The first-order valence-electron chi connectivity index (χ1n) is 14.4. The first-order valence-corrected chi connectivity index (χ1v) is 14.4. The average molecular weight is 599 g/mol. The standard InChI is InChI=1S/C28H54O13/c1-3-6-30-8-10-32-12-14-34-16-18-36-20-22-38-24-26-40-27-25-39-23-21-37-19-17-35-15-13-33-11-9-31-7-5-28(29)41-4-2/h3H,1,4-27H2,2H3. The van der Waals surface area contributed by atoms with Crippen molar-refractivity contribution in [2.24, 2.45) is 0 Å². The molecule has 244 valence electrons. The van der Waals surface area contributed by atoms with Crippen LogP contribution in [-0.4, -0.2) is 158 Å². The van der Waals surface area contributed by atoms with E-state index < -0.39 is 0 Å². The molecule has 0 aliphatic rings. The fraction of sp³-hybridized carbons (Fsp3) is 0.893. The maximum absolute atomic E-state index is 11.1. The number of carbonyl (C=O) groups is 1. The molecule has 0 unspecified atom stereocenters. The Hall–Kier alpha value is -1.23. The number of rotatable bonds is 36. The minimum Gasteiger partial charge on any atom is -0.466 e. The molecule has 0 aromatic heterocycles. The maximum atomic E-state index is 11.1. The van der Waals surface area contributed by atoms with Crippen LogP contribution in [0.25, 0.3) is 0 Å². The third-order valence-corrected chi connectivity index (χ3v) is 4.71. The summed E-state index contributed by atoms with van der Waals surface area (Å²) in [6, 6.07) is 0. The van der Waals surface area contributed by atoms with Gasteiger partial charge in [0.2, 0.25) is 0 Å². The van der Waals surface area contributed by atoms with Crippen LogP contribution in [0.3, 0.4) is 0 Å². The molecule has 0 radical (unpaired) electrons. The SMILES string of the molecule is C=CCOCCOCCOCCOCCOCCOCCOCCOCCOCCOCCOCCC(=O)OCC. The lowest BCUT2D eigenvalue weighted by Crippen LogP contribution is -2.15. The lowest BCUT2D eigenvalue weighted by atomic mass is 10.5. The number of carbonyl (C=O) groups excluding carboxylic acids is 1. The van der Waals surface area contributed by atoms with Gasteiger partial charge in [-0.2, -0.15) is 0 Å². The summed E-state index contributed by atoms with van der Waals surface area (Å²) in [5, 5.41) is 0. The average Bonchev–Trinajstić information content (AvgIpc) is 2.97. The second-order valence-electron chi connectivity index (χ2n) is 8.04. The monoisotopic (exact) mass is 598 g/mol. The van der Waals surface area contributed by atoms with Gasteiger partial charge in [0.15, 0.2) is 0 Å². The predicted octanol–water partition coefficient (Wildman–Crippen LogP) is 1.31. The topological polar surface area (TPSA) is 128 Å². The van der Waals surface area contributed by atoms with Gasteiger partial charge in [0.05, 0.1) is 158 Å². The highest BCUT2D eigenvalue weighted by atomic mass is 16.6. The Bertz CT molecular complexity index is 525. The minimum absolute atomic E-state index is 0.250. The molecule has 0 saturated heterocycles. The van der Waals surface area contributed by atoms with Crippen LogP contribution >= 0.6 is 0 Å². The molecule has 13 nitrogen and oxygen atoms in total. The second kappa shape index (κ2) is 36.8. The van der Waals surface area contributed by atoms with Crippen molar-refractivity contribution in [2.75, 3.05) is 152 Å². The van der Waals surface area contributed by atoms with Crippen molar-refractivity contribution >= 4 is 5.97 Å². The van der Waals surface area contributed by atoms with Gasteiger partial charge in [-0.3, -0.25) is 4.79 Å². The molecule has 41 heavy (non-hydrogen) atoms. The van der Waals surface area contributed by atoms with Crippen molar-refractivity contribution in [2.45, 2.75) is 13.3 Å². The second-order valence-corrected chi connectivity index (χ2v) is 8.04. The van der Waals surface area contributed by atoms with Crippen LogP contribution in [0.2, 0.25) is 0 Å². The number of hydrogen-bond donors (Lipinski definition) is 0. The van der Waals surface area contributed by atoms with Crippen LogP contribution in [0.15, 0.2) is 12.7 Å². The Kier molecular flexibility index (Phi) is 35.7. The molecule has 13 heteroatoms. The van der Waals surface area contributed by atoms with Gasteiger partial charge in [0.1, 0.15) is 0 Å². The van der Waals surface area contributed by atoms with E-state index in [1.54, 1.807) is 13.0 Å². The zero-order valence-corrected chi connectivity index (χ0v) is 25.1. The van der Waals surface area contributed by atoms with Crippen LogP contribution in [0.5, 0.6) is 0 Å². The number of esters is 1. The van der Waals surface area contributed by atoms with E-state index >= 15 is 0 Å². The van der Waals surface area contributed by atoms with Gasteiger partial charge in [-0.25, -0.2) is 0 Å². The van der Waals surface area contributed by atoms with Crippen LogP contribution < -0.4 is 0 Å². The maximum Gasteiger partial charge on any atom is 0.308 e. The van der Waals surface area contributed by atoms with Gasteiger partial charge in [-0.1, -0.05) is 6.08 Å². The molecule has 0 fully saturated rings. The molecule has 0 rings (SSSR count). The Morgan fingerprint density at radius 1 is 0.439 bits per heavy atom. The molecular weight excluding hydrogens is 544 g/mol. The highest BCUT2D eigenvalue weighted by Crippen LogP contribution is 1.89. The van der Waals surface area contributed by atoms with E-state index in [1.807, 2.05) is 0 Å². The van der Waals surface area contributed by atoms with E-state index in [0.29, 0.717) is 152 Å². The molecule has 0 atom stereocenters. The summed E-state index contributed by atoms with van der Waals surface area (Å²) in [4.78, 5) is 11.1. The van der Waals surface area contributed by atoms with Crippen molar-refractivity contribution in [3.05, 3.63) is 12.7 Å². The fourth-order valence-electron chi connectivity index (χ4n) is 2.75. The largest absolute Gasteiger partial charge is 0.466 e. The molecule has 0 heterocycles. The summed E-state index contributed by atoms with van der Waals surface area (Å²) < 4.78 is 64.1.